The SMILES string of the molecule is CC1C2Cc3ccc(OC(=O)c4ccc(F)cc4)cc3C1(c1ccccc1)CCN2C. The van der Waals surface area contributed by atoms with Gasteiger partial charge in [0.2, 0.25) is 0 Å². The van der Waals surface area contributed by atoms with Crippen molar-refractivity contribution in [1.82, 2.24) is 4.90 Å². The Hall–Kier alpha value is -2.98. The number of benzene rings is 3. The summed E-state index contributed by atoms with van der Waals surface area (Å²) in [4.78, 5) is 15.1. The van der Waals surface area contributed by atoms with E-state index in [1.807, 2.05) is 6.07 Å². The summed E-state index contributed by atoms with van der Waals surface area (Å²) in [5.41, 5.74) is 4.14. The van der Waals surface area contributed by atoms with Gasteiger partial charge in [-0.1, -0.05) is 43.3 Å². The van der Waals surface area contributed by atoms with Gasteiger partial charge in [-0.25, -0.2) is 9.18 Å². The summed E-state index contributed by atoms with van der Waals surface area (Å²) >= 11 is 0. The molecule has 31 heavy (non-hydrogen) atoms. The van der Waals surface area contributed by atoms with Crippen LogP contribution in [0.15, 0.2) is 72.8 Å². The molecule has 3 aromatic carbocycles. The van der Waals surface area contributed by atoms with Crippen LogP contribution in [0, 0.1) is 11.7 Å². The van der Waals surface area contributed by atoms with Gasteiger partial charge in [0, 0.05) is 11.5 Å². The lowest BCUT2D eigenvalue weighted by Gasteiger charge is -2.55. The molecule has 3 atom stereocenters. The number of halogens is 1. The number of carbonyl (C=O) groups is 1. The molecular formula is C27H26FNO2. The van der Waals surface area contributed by atoms with Gasteiger partial charge in [0.25, 0.3) is 0 Å². The number of fused-ring (bicyclic) bond motifs is 4. The fraction of sp³-hybridized carbons (Fsp3) is 0.296. The molecule has 1 saturated heterocycles. The van der Waals surface area contributed by atoms with Gasteiger partial charge in [-0.05, 0) is 85.4 Å². The molecule has 0 radical (unpaired) electrons. The van der Waals surface area contributed by atoms with Crippen molar-refractivity contribution in [2.24, 2.45) is 5.92 Å². The predicted octanol–water partition coefficient (Wildman–Crippen LogP) is 5.23. The summed E-state index contributed by atoms with van der Waals surface area (Å²) < 4.78 is 18.9. The Morgan fingerprint density at radius 1 is 1.06 bits per heavy atom. The molecule has 3 nitrogen and oxygen atoms in total. The van der Waals surface area contributed by atoms with Crippen LogP contribution in [0.3, 0.4) is 0 Å². The van der Waals surface area contributed by atoms with E-state index in [9.17, 15) is 9.18 Å². The zero-order valence-electron chi connectivity index (χ0n) is 17.8. The van der Waals surface area contributed by atoms with Gasteiger partial charge in [-0.3, -0.25) is 0 Å². The van der Waals surface area contributed by atoms with Crippen molar-refractivity contribution < 1.29 is 13.9 Å². The second kappa shape index (κ2) is 7.61. The maximum absolute atomic E-state index is 13.2. The first kappa shape index (κ1) is 20.0. The van der Waals surface area contributed by atoms with E-state index in [0.29, 0.717) is 23.3 Å². The van der Waals surface area contributed by atoms with E-state index in [2.05, 4.69) is 61.3 Å². The van der Waals surface area contributed by atoms with Crippen molar-refractivity contribution in [3.63, 3.8) is 0 Å². The number of rotatable bonds is 3. The first-order valence-corrected chi connectivity index (χ1v) is 10.9. The van der Waals surface area contributed by atoms with Gasteiger partial charge in [0.15, 0.2) is 0 Å². The predicted molar refractivity (Wildman–Crippen MR) is 119 cm³/mol. The molecule has 0 spiro atoms. The van der Waals surface area contributed by atoms with Crippen molar-refractivity contribution in [3.05, 3.63) is 101 Å². The minimum atomic E-state index is -0.473. The van der Waals surface area contributed by atoms with Crippen molar-refractivity contribution in [3.8, 4) is 5.75 Å². The van der Waals surface area contributed by atoms with Crippen LogP contribution in [0.4, 0.5) is 4.39 Å². The minimum absolute atomic E-state index is 0.107. The molecule has 2 bridgehead atoms. The average Bonchev–Trinajstić information content (AvgIpc) is 2.78. The standard InChI is InChI=1S/C27H26FNO2/c1-18-25-16-20-10-13-23(31-26(30)19-8-11-22(28)12-9-19)17-24(20)27(18,14-15-29(25)2)21-6-4-3-5-7-21/h3-13,17-18,25H,14-16H2,1-2H3. The molecule has 2 aliphatic rings. The second-order valence-electron chi connectivity index (χ2n) is 8.84. The Morgan fingerprint density at radius 3 is 2.55 bits per heavy atom. The van der Waals surface area contributed by atoms with Gasteiger partial charge in [0.05, 0.1) is 5.56 Å². The normalized spacial score (nSPS) is 25.0. The van der Waals surface area contributed by atoms with Gasteiger partial charge in [-0.2, -0.15) is 0 Å². The summed E-state index contributed by atoms with van der Waals surface area (Å²) in [6, 6.07) is 22.7. The largest absolute Gasteiger partial charge is 0.423 e. The van der Waals surface area contributed by atoms with Crippen LogP contribution in [-0.4, -0.2) is 30.5 Å². The molecule has 0 amide bonds. The fourth-order valence-electron chi connectivity index (χ4n) is 5.66. The molecule has 3 unspecified atom stereocenters. The van der Waals surface area contributed by atoms with Gasteiger partial charge in [0.1, 0.15) is 11.6 Å². The van der Waals surface area contributed by atoms with E-state index >= 15 is 0 Å². The van der Waals surface area contributed by atoms with Crippen LogP contribution >= 0.6 is 0 Å². The van der Waals surface area contributed by atoms with E-state index in [1.165, 1.54) is 41.0 Å². The summed E-state index contributed by atoms with van der Waals surface area (Å²) in [6.07, 6.45) is 2.02. The molecule has 0 N–H and O–H groups in total. The van der Waals surface area contributed by atoms with E-state index < -0.39 is 5.97 Å². The van der Waals surface area contributed by atoms with E-state index in [-0.39, 0.29) is 11.2 Å². The number of likely N-dealkylation sites (N-methyl/N-ethyl adjacent to an activating group) is 1. The first-order valence-electron chi connectivity index (χ1n) is 10.9. The van der Waals surface area contributed by atoms with E-state index in [4.69, 9.17) is 4.74 Å². The molecule has 158 valence electrons. The zero-order chi connectivity index (χ0) is 21.6. The maximum atomic E-state index is 13.2. The molecule has 5 rings (SSSR count). The molecule has 4 heteroatoms. The van der Waals surface area contributed by atoms with Crippen LogP contribution in [0.1, 0.15) is 40.4 Å². The molecule has 1 heterocycles. The summed E-state index contributed by atoms with van der Waals surface area (Å²) in [5, 5.41) is 0. The number of ether oxygens (including phenoxy) is 1. The monoisotopic (exact) mass is 415 g/mol. The first-order chi connectivity index (χ1) is 15.0. The summed E-state index contributed by atoms with van der Waals surface area (Å²) in [6.45, 7) is 3.39. The van der Waals surface area contributed by atoms with Crippen LogP contribution in [0.2, 0.25) is 0 Å². The minimum Gasteiger partial charge on any atom is -0.423 e. The average molecular weight is 416 g/mol. The number of carbonyl (C=O) groups excluding carboxylic acids is 1. The third-order valence-corrected chi connectivity index (χ3v) is 7.35. The highest BCUT2D eigenvalue weighted by molar-refractivity contribution is 5.91. The Bertz CT molecular complexity index is 1110. The molecule has 1 aliphatic carbocycles. The van der Waals surface area contributed by atoms with Crippen molar-refractivity contribution in [1.29, 1.82) is 0 Å². The Kier molecular flexibility index (Phi) is 4.90. The summed E-state index contributed by atoms with van der Waals surface area (Å²) in [7, 11) is 2.22. The molecule has 0 saturated carbocycles. The maximum Gasteiger partial charge on any atom is 0.343 e. The van der Waals surface area contributed by atoms with Crippen molar-refractivity contribution in [2.75, 3.05) is 13.6 Å². The molecular weight excluding hydrogens is 389 g/mol. The number of likely N-dealkylation sites (tertiary alicyclic amines) is 1. The highest BCUT2D eigenvalue weighted by atomic mass is 19.1. The molecule has 1 fully saturated rings. The van der Waals surface area contributed by atoms with Gasteiger partial charge in [-0.15, -0.1) is 0 Å². The number of hydrogen-bond donors (Lipinski definition) is 0. The Balaban J connectivity index is 1.57. The summed E-state index contributed by atoms with van der Waals surface area (Å²) in [5.74, 6) is 0.122. The van der Waals surface area contributed by atoms with Crippen LogP contribution in [-0.2, 0) is 11.8 Å². The Morgan fingerprint density at radius 2 is 1.81 bits per heavy atom. The number of nitrogens with zero attached hydrogens (tertiary/aromatic N) is 1. The number of esters is 1. The van der Waals surface area contributed by atoms with Gasteiger partial charge < -0.3 is 9.64 Å². The zero-order valence-corrected chi connectivity index (χ0v) is 17.8. The highest BCUT2D eigenvalue weighted by Crippen LogP contribution is 2.53. The number of hydrogen-bond acceptors (Lipinski definition) is 3. The molecule has 1 aliphatic heterocycles. The van der Waals surface area contributed by atoms with E-state index in [1.54, 1.807) is 0 Å². The van der Waals surface area contributed by atoms with E-state index in [0.717, 1.165) is 19.4 Å². The highest BCUT2D eigenvalue weighted by Gasteiger charge is 2.51. The fourth-order valence-corrected chi connectivity index (χ4v) is 5.66. The lowest BCUT2D eigenvalue weighted by Crippen LogP contribution is -2.58. The second-order valence-corrected chi connectivity index (χ2v) is 8.84. The molecule has 0 aromatic heterocycles. The Labute approximate surface area is 182 Å². The van der Waals surface area contributed by atoms with Crippen molar-refractivity contribution >= 4 is 5.97 Å². The van der Waals surface area contributed by atoms with Crippen LogP contribution < -0.4 is 4.74 Å². The smallest absolute Gasteiger partial charge is 0.343 e. The number of piperidine rings is 1. The topological polar surface area (TPSA) is 29.5 Å². The lowest BCUT2D eigenvalue weighted by molar-refractivity contribution is 0.0609. The van der Waals surface area contributed by atoms with Gasteiger partial charge >= 0.3 is 5.97 Å². The van der Waals surface area contributed by atoms with Crippen molar-refractivity contribution in [2.45, 2.75) is 31.2 Å². The third kappa shape index (κ3) is 3.26. The third-order valence-electron chi connectivity index (χ3n) is 7.35. The van der Waals surface area contributed by atoms with Crippen LogP contribution in [0.5, 0.6) is 5.75 Å². The molecule has 3 aromatic rings. The quantitative estimate of drug-likeness (QED) is 0.434. The lowest BCUT2D eigenvalue weighted by atomic mass is 9.55. The van der Waals surface area contributed by atoms with Crippen LogP contribution in [0.25, 0.3) is 0 Å².